The summed E-state index contributed by atoms with van der Waals surface area (Å²) >= 11 is 3.27. The number of aromatic amines is 1. The molecule has 0 radical (unpaired) electrons. The summed E-state index contributed by atoms with van der Waals surface area (Å²) in [5, 5.41) is 2.98. The molecule has 3 nitrogen and oxygen atoms in total. The molecule has 0 amide bonds. The summed E-state index contributed by atoms with van der Waals surface area (Å²) in [4.78, 5) is 13.8. The van der Waals surface area contributed by atoms with Crippen molar-refractivity contribution in [2.75, 3.05) is 13.6 Å². The molecule has 0 aromatic carbocycles. The average molecular weight is 255 g/mol. The van der Waals surface area contributed by atoms with Crippen LogP contribution in [0.5, 0.6) is 0 Å². The van der Waals surface area contributed by atoms with Crippen LogP contribution in [-0.2, 0) is 0 Å². The first-order chi connectivity index (χ1) is 6.74. The van der Waals surface area contributed by atoms with E-state index in [1.54, 1.807) is 12.3 Å². The molecule has 1 aromatic heterocycles. The van der Waals surface area contributed by atoms with Gasteiger partial charge in [0.15, 0.2) is 0 Å². The Labute approximate surface area is 91.1 Å². The van der Waals surface area contributed by atoms with Crippen molar-refractivity contribution in [3.8, 4) is 11.8 Å². The summed E-state index contributed by atoms with van der Waals surface area (Å²) in [5.41, 5.74) is 0.348. The second-order valence-corrected chi connectivity index (χ2v) is 3.63. The Bertz CT molecular complexity index is 414. The smallest absolute Gasteiger partial charge is 0.263 e. The van der Waals surface area contributed by atoms with E-state index in [1.807, 2.05) is 7.05 Å². The van der Waals surface area contributed by atoms with E-state index in [1.165, 1.54) is 0 Å². The van der Waals surface area contributed by atoms with Crippen molar-refractivity contribution in [3.05, 3.63) is 32.7 Å². The maximum absolute atomic E-state index is 11.2. The van der Waals surface area contributed by atoms with Crippen LogP contribution in [0.3, 0.4) is 0 Å². The van der Waals surface area contributed by atoms with Gasteiger partial charge in [0.2, 0.25) is 0 Å². The fraction of sp³-hybridized carbons (Fsp3) is 0.300. The molecular weight excluding hydrogens is 244 g/mol. The largest absolute Gasteiger partial charge is 0.327 e. The summed E-state index contributed by atoms with van der Waals surface area (Å²) in [6, 6.07) is 1.71. The van der Waals surface area contributed by atoms with Gasteiger partial charge in [0.1, 0.15) is 0 Å². The Kier molecular flexibility index (Phi) is 4.44. The van der Waals surface area contributed by atoms with Crippen molar-refractivity contribution in [2.24, 2.45) is 0 Å². The molecule has 0 fully saturated rings. The third-order valence-corrected chi connectivity index (χ3v) is 2.05. The van der Waals surface area contributed by atoms with Crippen LogP contribution in [0.25, 0.3) is 0 Å². The first kappa shape index (κ1) is 11.0. The molecule has 0 saturated heterocycles. The Balaban J connectivity index is 2.78. The number of H-pyrrole nitrogens is 1. The first-order valence-electron chi connectivity index (χ1n) is 4.25. The molecule has 2 N–H and O–H groups in total. The van der Waals surface area contributed by atoms with E-state index in [0.29, 0.717) is 5.56 Å². The molecule has 1 rings (SSSR count). The lowest BCUT2D eigenvalue weighted by Gasteiger charge is -1.91. The number of hydrogen-bond donors (Lipinski definition) is 2. The van der Waals surface area contributed by atoms with Crippen molar-refractivity contribution >= 4 is 15.9 Å². The highest BCUT2D eigenvalue weighted by molar-refractivity contribution is 9.10. The number of rotatable bonds is 2. The van der Waals surface area contributed by atoms with Crippen molar-refractivity contribution in [2.45, 2.75) is 6.42 Å². The molecule has 4 heteroatoms. The fourth-order valence-corrected chi connectivity index (χ4v) is 1.24. The Morgan fingerprint density at radius 2 is 2.43 bits per heavy atom. The maximum Gasteiger partial charge on any atom is 0.263 e. The second kappa shape index (κ2) is 5.63. The lowest BCUT2D eigenvalue weighted by Crippen LogP contribution is -2.09. The zero-order chi connectivity index (χ0) is 10.4. The normalized spacial score (nSPS) is 9.29. The monoisotopic (exact) mass is 254 g/mol. The van der Waals surface area contributed by atoms with Crippen molar-refractivity contribution in [1.29, 1.82) is 0 Å². The van der Waals surface area contributed by atoms with Gasteiger partial charge in [0.25, 0.3) is 5.56 Å². The van der Waals surface area contributed by atoms with Crippen LogP contribution in [0.1, 0.15) is 12.0 Å². The number of halogens is 1. The fourth-order valence-electron chi connectivity index (χ4n) is 0.895. The van der Waals surface area contributed by atoms with Crippen LogP contribution in [0.4, 0.5) is 0 Å². The van der Waals surface area contributed by atoms with Gasteiger partial charge in [-0.15, -0.1) is 0 Å². The van der Waals surface area contributed by atoms with Crippen LogP contribution < -0.4 is 10.9 Å². The van der Waals surface area contributed by atoms with E-state index in [0.717, 1.165) is 17.4 Å². The zero-order valence-corrected chi connectivity index (χ0v) is 9.44. The van der Waals surface area contributed by atoms with Gasteiger partial charge in [-0.2, -0.15) is 0 Å². The van der Waals surface area contributed by atoms with Gasteiger partial charge in [-0.25, -0.2) is 0 Å². The van der Waals surface area contributed by atoms with Crippen molar-refractivity contribution in [3.63, 3.8) is 0 Å². The van der Waals surface area contributed by atoms with E-state index < -0.39 is 0 Å². The molecule has 74 valence electrons. The lowest BCUT2D eigenvalue weighted by atomic mass is 10.3. The van der Waals surface area contributed by atoms with Gasteiger partial charge in [-0.3, -0.25) is 4.79 Å². The predicted molar refractivity (Wildman–Crippen MR) is 60.2 cm³/mol. The molecule has 0 spiro atoms. The zero-order valence-electron chi connectivity index (χ0n) is 7.86. The van der Waals surface area contributed by atoms with Gasteiger partial charge in [-0.1, -0.05) is 11.8 Å². The highest BCUT2D eigenvalue weighted by atomic mass is 79.9. The predicted octanol–water partition coefficient (Wildman–Crippen LogP) is 1.10. The van der Waals surface area contributed by atoms with E-state index >= 15 is 0 Å². The van der Waals surface area contributed by atoms with Crippen LogP contribution in [-0.4, -0.2) is 18.6 Å². The topological polar surface area (TPSA) is 44.9 Å². The molecule has 0 aliphatic rings. The minimum atomic E-state index is -0.148. The molecular formula is C10H11BrN2O. The van der Waals surface area contributed by atoms with Gasteiger partial charge in [0.05, 0.1) is 5.56 Å². The van der Waals surface area contributed by atoms with Crippen LogP contribution >= 0.6 is 15.9 Å². The third kappa shape index (κ3) is 3.36. The summed E-state index contributed by atoms with van der Waals surface area (Å²) < 4.78 is 0.829. The third-order valence-electron chi connectivity index (χ3n) is 1.59. The summed E-state index contributed by atoms with van der Waals surface area (Å²) in [7, 11) is 1.87. The number of aromatic nitrogens is 1. The molecule has 0 aliphatic heterocycles. The summed E-state index contributed by atoms with van der Waals surface area (Å²) in [6.07, 6.45) is 2.34. The van der Waals surface area contributed by atoms with Crippen LogP contribution in [0.2, 0.25) is 0 Å². The average Bonchev–Trinajstić information content (AvgIpc) is 2.18. The van der Waals surface area contributed by atoms with Crippen LogP contribution in [0.15, 0.2) is 21.5 Å². The number of nitrogens with one attached hydrogen (secondary N) is 2. The molecule has 0 saturated carbocycles. The van der Waals surface area contributed by atoms with Gasteiger partial charge >= 0.3 is 0 Å². The Hall–Kier alpha value is -1.05. The molecule has 14 heavy (non-hydrogen) atoms. The van der Waals surface area contributed by atoms with Crippen LogP contribution in [0, 0.1) is 11.8 Å². The molecule has 1 aromatic rings. The van der Waals surface area contributed by atoms with E-state index in [2.05, 4.69) is 38.1 Å². The maximum atomic E-state index is 11.2. The number of pyridine rings is 1. The van der Waals surface area contributed by atoms with Gasteiger partial charge in [0, 0.05) is 23.6 Å². The molecule has 1 heterocycles. The first-order valence-corrected chi connectivity index (χ1v) is 5.05. The Morgan fingerprint density at radius 3 is 3.14 bits per heavy atom. The Morgan fingerprint density at radius 1 is 1.64 bits per heavy atom. The van der Waals surface area contributed by atoms with Gasteiger partial charge < -0.3 is 10.3 Å². The molecule has 0 bridgehead atoms. The minimum absolute atomic E-state index is 0.148. The van der Waals surface area contributed by atoms with E-state index in [-0.39, 0.29) is 5.56 Å². The standard InChI is InChI=1S/C10H11BrN2O/c1-12-5-3-2-4-8-6-9(11)7-13-10(8)14/h6-7,12H,3,5H2,1H3,(H,13,14). The highest BCUT2D eigenvalue weighted by Crippen LogP contribution is 2.05. The number of hydrogen-bond acceptors (Lipinski definition) is 2. The van der Waals surface area contributed by atoms with E-state index in [4.69, 9.17) is 0 Å². The lowest BCUT2D eigenvalue weighted by molar-refractivity contribution is 0.818. The molecule has 0 unspecified atom stereocenters. The van der Waals surface area contributed by atoms with Crippen molar-refractivity contribution in [1.82, 2.24) is 10.3 Å². The molecule has 0 atom stereocenters. The summed E-state index contributed by atoms with van der Waals surface area (Å²) in [6.45, 7) is 0.832. The second-order valence-electron chi connectivity index (χ2n) is 2.72. The van der Waals surface area contributed by atoms with E-state index in [9.17, 15) is 4.79 Å². The molecule has 0 aliphatic carbocycles. The van der Waals surface area contributed by atoms with Crippen molar-refractivity contribution < 1.29 is 0 Å². The highest BCUT2D eigenvalue weighted by Gasteiger charge is 1.95. The quantitative estimate of drug-likeness (QED) is 0.614. The SMILES string of the molecule is CNCCC#Cc1cc(Br)c[nH]c1=O. The summed E-state index contributed by atoms with van der Waals surface area (Å²) in [5.74, 6) is 5.74. The minimum Gasteiger partial charge on any atom is -0.327 e. The van der Waals surface area contributed by atoms with Gasteiger partial charge in [-0.05, 0) is 29.0 Å².